The van der Waals surface area contributed by atoms with Crippen LogP contribution < -0.4 is 5.32 Å². The van der Waals surface area contributed by atoms with Crippen molar-refractivity contribution in [3.63, 3.8) is 0 Å². The van der Waals surface area contributed by atoms with Gasteiger partial charge >= 0.3 is 0 Å². The normalized spacial score (nSPS) is 21.9. The van der Waals surface area contributed by atoms with Crippen LogP contribution in [0.3, 0.4) is 0 Å². The van der Waals surface area contributed by atoms with E-state index in [0.29, 0.717) is 0 Å². The van der Waals surface area contributed by atoms with Crippen LogP contribution in [0.25, 0.3) is 0 Å². The molecule has 0 saturated carbocycles. The van der Waals surface area contributed by atoms with Crippen molar-refractivity contribution in [3.8, 4) is 11.8 Å². The maximum atomic E-state index is 11.9. The van der Waals surface area contributed by atoms with Crippen LogP contribution >= 0.6 is 0 Å². The highest BCUT2D eigenvalue weighted by atomic mass is 16.2. The van der Waals surface area contributed by atoms with Crippen molar-refractivity contribution in [2.75, 3.05) is 45.8 Å². The zero-order valence-corrected chi connectivity index (χ0v) is 11.1. The summed E-state index contributed by atoms with van der Waals surface area (Å²) in [5, 5.41) is 3.31. The molecule has 2 aliphatic heterocycles. The van der Waals surface area contributed by atoms with E-state index in [1.54, 1.807) is 0 Å². The fourth-order valence-electron chi connectivity index (χ4n) is 2.45. The first-order chi connectivity index (χ1) is 8.86. The van der Waals surface area contributed by atoms with E-state index in [4.69, 9.17) is 0 Å². The number of amides is 1. The molecule has 0 aromatic carbocycles. The minimum absolute atomic E-state index is 0.0204. The minimum Gasteiger partial charge on any atom is -0.332 e. The molecule has 1 amide bonds. The van der Waals surface area contributed by atoms with Crippen LogP contribution in [0.2, 0.25) is 0 Å². The second-order valence-corrected chi connectivity index (χ2v) is 5.03. The largest absolute Gasteiger partial charge is 0.332 e. The molecule has 0 unspecified atom stereocenters. The molecule has 0 spiro atoms. The number of hydrogen-bond acceptors (Lipinski definition) is 3. The monoisotopic (exact) mass is 249 g/mol. The van der Waals surface area contributed by atoms with Crippen LogP contribution in [0.1, 0.15) is 25.7 Å². The van der Waals surface area contributed by atoms with Crippen LogP contribution in [0, 0.1) is 11.8 Å². The lowest BCUT2D eigenvalue weighted by Crippen LogP contribution is -2.43. The number of nitrogens with one attached hydrogen (secondary N) is 1. The first-order valence-electron chi connectivity index (χ1n) is 7.07. The lowest BCUT2D eigenvalue weighted by atomic mass is 10.2. The average Bonchev–Trinajstić information content (AvgIpc) is 2.69. The highest BCUT2D eigenvalue weighted by Crippen LogP contribution is 2.09. The Morgan fingerprint density at radius 3 is 2.33 bits per heavy atom. The molecule has 2 heterocycles. The van der Waals surface area contributed by atoms with Crippen molar-refractivity contribution < 1.29 is 4.79 Å². The van der Waals surface area contributed by atoms with Gasteiger partial charge in [0, 0.05) is 39.3 Å². The Bertz CT molecular complexity index is 318. The van der Waals surface area contributed by atoms with Crippen molar-refractivity contribution >= 4 is 5.91 Å². The van der Waals surface area contributed by atoms with E-state index in [1.165, 1.54) is 12.8 Å². The Kier molecular flexibility index (Phi) is 5.50. The van der Waals surface area contributed by atoms with Gasteiger partial charge in [0.2, 0.25) is 0 Å². The Morgan fingerprint density at radius 1 is 1.00 bits per heavy atom. The number of rotatable bonds is 1. The highest BCUT2D eigenvalue weighted by molar-refractivity contribution is 5.93. The van der Waals surface area contributed by atoms with Crippen molar-refractivity contribution in [1.82, 2.24) is 15.1 Å². The maximum absolute atomic E-state index is 11.9. The number of nitrogens with zero attached hydrogens (tertiary/aromatic N) is 2. The second kappa shape index (κ2) is 7.40. The van der Waals surface area contributed by atoms with E-state index in [2.05, 4.69) is 22.1 Å². The summed E-state index contributed by atoms with van der Waals surface area (Å²) in [6, 6.07) is 0. The highest BCUT2D eigenvalue weighted by Gasteiger charge is 2.13. The summed E-state index contributed by atoms with van der Waals surface area (Å²) in [6.45, 7) is 6.63. The summed E-state index contributed by atoms with van der Waals surface area (Å²) in [5.74, 6) is 5.85. The smallest absolute Gasteiger partial charge is 0.298 e. The summed E-state index contributed by atoms with van der Waals surface area (Å²) in [6.07, 6.45) is 4.76. The van der Waals surface area contributed by atoms with E-state index in [-0.39, 0.29) is 5.91 Å². The molecule has 0 atom stereocenters. The Balaban J connectivity index is 1.75. The fraction of sp³-hybridized carbons (Fsp3) is 0.786. The summed E-state index contributed by atoms with van der Waals surface area (Å²) >= 11 is 0. The SMILES string of the molecule is O=C(C#CCN1CCNCC1)N1CCCCCC1. The summed E-state index contributed by atoms with van der Waals surface area (Å²) < 4.78 is 0. The van der Waals surface area contributed by atoms with Gasteiger partial charge in [-0.1, -0.05) is 18.8 Å². The Labute approximate surface area is 110 Å². The van der Waals surface area contributed by atoms with Crippen LogP contribution in [0.15, 0.2) is 0 Å². The molecular weight excluding hydrogens is 226 g/mol. The summed E-state index contributed by atoms with van der Waals surface area (Å²) in [5.41, 5.74) is 0. The van der Waals surface area contributed by atoms with Gasteiger partial charge < -0.3 is 10.2 Å². The predicted octanol–water partition coefficient (Wildman–Crippen LogP) is 0.298. The van der Waals surface area contributed by atoms with Gasteiger partial charge in [-0.3, -0.25) is 9.69 Å². The Morgan fingerprint density at radius 2 is 1.67 bits per heavy atom. The van der Waals surface area contributed by atoms with Crippen LogP contribution in [0.4, 0.5) is 0 Å². The molecule has 2 saturated heterocycles. The lowest BCUT2D eigenvalue weighted by Gasteiger charge is -2.24. The lowest BCUT2D eigenvalue weighted by molar-refractivity contribution is -0.125. The second-order valence-electron chi connectivity index (χ2n) is 5.03. The molecule has 0 radical (unpaired) electrons. The molecule has 18 heavy (non-hydrogen) atoms. The zero-order chi connectivity index (χ0) is 12.6. The topological polar surface area (TPSA) is 35.6 Å². The van der Waals surface area contributed by atoms with Gasteiger partial charge in [-0.25, -0.2) is 0 Å². The number of carbonyl (C=O) groups is 1. The number of hydrogen-bond donors (Lipinski definition) is 1. The first kappa shape index (κ1) is 13.4. The van der Waals surface area contributed by atoms with E-state index in [0.717, 1.165) is 58.7 Å². The van der Waals surface area contributed by atoms with Crippen molar-refractivity contribution in [2.45, 2.75) is 25.7 Å². The van der Waals surface area contributed by atoms with Gasteiger partial charge in [-0.05, 0) is 18.8 Å². The summed E-state index contributed by atoms with van der Waals surface area (Å²) in [4.78, 5) is 16.1. The molecule has 2 fully saturated rings. The standard InChI is InChI=1S/C14H23N3O/c18-14(17-10-3-1-2-4-11-17)6-5-9-16-12-7-15-8-13-16/h15H,1-4,7-13H2. The maximum Gasteiger partial charge on any atom is 0.298 e. The molecule has 100 valence electrons. The third-order valence-corrected chi connectivity index (χ3v) is 3.60. The van der Waals surface area contributed by atoms with Gasteiger partial charge in [0.15, 0.2) is 0 Å². The van der Waals surface area contributed by atoms with Crippen molar-refractivity contribution in [3.05, 3.63) is 0 Å². The van der Waals surface area contributed by atoms with Gasteiger partial charge in [-0.2, -0.15) is 0 Å². The van der Waals surface area contributed by atoms with E-state index >= 15 is 0 Å². The molecule has 4 nitrogen and oxygen atoms in total. The third kappa shape index (κ3) is 4.32. The van der Waals surface area contributed by atoms with Gasteiger partial charge in [-0.15, -0.1) is 0 Å². The molecule has 2 aliphatic rings. The fourth-order valence-corrected chi connectivity index (χ4v) is 2.45. The van der Waals surface area contributed by atoms with Crippen LogP contribution in [-0.2, 0) is 4.79 Å². The number of piperazine rings is 1. The molecular formula is C14H23N3O. The van der Waals surface area contributed by atoms with Crippen LogP contribution in [-0.4, -0.2) is 61.5 Å². The van der Waals surface area contributed by atoms with Crippen LogP contribution in [0.5, 0.6) is 0 Å². The van der Waals surface area contributed by atoms with E-state index in [1.807, 2.05) is 4.90 Å². The first-order valence-corrected chi connectivity index (χ1v) is 7.07. The van der Waals surface area contributed by atoms with Gasteiger partial charge in [0.25, 0.3) is 5.91 Å². The quantitative estimate of drug-likeness (QED) is 0.679. The van der Waals surface area contributed by atoms with Gasteiger partial charge in [0.05, 0.1) is 6.54 Å². The number of carbonyl (C=O) groups excluding carboxylic acids is 1. The molecule has 0 aliphatic carbocycles. The summed E-state index contributed by atoms with van der Waals surface area (Å²) in [7, 11) is 0. The van der Waals surface area contributed by atoms with Crippen molar-refractivity contribution in [1.29, 1.82) is 0 Å². The third-order valence-electron chi connectivity index (χ3n) is 3.60. The van der Waals surface area contributed by atoms with Crippen molar-refractivity contribution in [2.24, 2.45) is 0 Å². The number of likely N-dealkylation sites (tertiary alicyclic amines) is 1. The predicted molar refractivity (Wildman–Crippen MR) is 72.1 cm³/mol. The molecule has 2 rings (SSSR count). The molecule has 1 N–H and O–H groups in total. The molecule has 0 aromatic rings. The van der Waals surface area contributed by atoms with E-state index < -0.39 is 0 Å². The molecule has 0 aromatic heterocycles. The minimum atomic E-state index is 0.0204. The average molecular weight is 249 g/mol. The Hall–Kier alpha value is -1.05. The zero-order valence-electron chi connectivity index (χ0n) is 11.1. The van der Waals surface area contributed by atoms with E-state index in [9.17, 15) is 4.79 Å². The molecule has 4 heteroatoms. The van der Waals surface area contributed by atoms with Gasteiger partial charge in [0.1, 0.15) is 0 Å². The molecule has 0 bridgehead atoms.